The molecule has 0 saturated carbocycles. The van der Waals surface area contributed by atoms with E-state index >= 15 is 0 Å². The van der Waals surface area contributed by atoms with Crippen molar-refractivity contribution in [3.8, 4) is 0 Å². The van der Waals surface area contributed by atoms with E-state index in [0.29, 0.717) is 0 Å². The second-order valence-corrected chi connectivity index (χ2v) is 5.19. The van der Waals surface area contributed by atoms with E-state index in [2.05, 4.69) is 38.1 Å². The van der Waals surface area contributed by atoms with Crippen LogP contribution in [0.5, 0.6) is 0 Å². The fourth-order valence-electron chi connectivity index (χ4n) is 1.88. The highest BCUT2D eigenvalue weighted by atomic mass is 35.5. The highest BCUT2D eigenvalue weighted by Gasteiger charge is 1.99. The summed E-state index contributed by atoms with van der Waals surface area (Å²) in [7, 11) is 0. The van der Waals surface area contributed by atoms with Gasteiger partial charge in [0.05, 0.1) is 0 Å². The molecule has 0 aromatic heterocycles. The van der Waals surface area contributed by atoms with Gasteiger partial charge in [0.2, 0.25) is 0 Å². The van der Waals surface area contributed by atoms with Crippen LogP contribution in [0.3, 0.4) is 0 Å². The first-order chi connectivity index (χ1) is 7.65. The van der Waals surface area contributed by atoms with Crippen LogP contribution in [-0.4, -0.2) is 0 Å². The molecule has 0 nitrogen and oxygen atoms in total. The standard InChI is InChI=1S/C15H17Cl/c1-11(2)3-4-12-5-6-14-10-15(16)8-7-13(14)9-12/h5-11H,3-4H2,1-2H3. The minimum atomic E-state index is 0.765. The number of fused-ring (bicyclic) bond motifs is 1. The number of hydrogen-bond donors (Lipinski definition) is 0. The number of rotatable bonds is 3. The Morgan fingerprint density at radius 1 is 1.00 bits per heavy atom. The highest BCUT2D eigenvalue weighted by Crippen LogP contribution is 2.21. The molecule has 0 aliphatic rings. The Kier molecular flexibility index (Phi) is 3.50. The zero-order valence-corrected chi connectivity index (χ0v) is 10.6. The second kappa shape index (κ2) is 4.88. The molecular formula is C15H17Cl. The summed E-state index contributed by atoms with van der Waals surface area (Å²) in [6, 6.07) is 12.7. The maximum Gasteiger partial charge on any atom is 0.0412 e. The lowest BCUT2D eigenvalue weighted by Crippen LogP contribution is -1.91. The molecule has 0 fully saturated rings. The summed E-state index contributed by atoms with van der Waals surface area (Å²) in [6.07, 6.45) is 2.41. The molecule has 1 heteroatoms. The Morgan fingerprint density at radius 2 is 1.69 bits per heavy atom. The summed E-state index contributed by atoms with van der Waals surface area (Å²) in [5.74, 6) is 0.765. The zero-order chi connectivity index (χ0) is 11.5. The molecule has 0 aliphatic carbocycles. The molecule has 0 radical (unpaired) electrons. The zero-order valence-electron chi connectivity index (χ0n) is 9.83. The quantitative estimate of drug-likeness (QED) is 0.692. The van der Waals surface area contributed by atoms with Crippen molar-refractivity contribution in [2.75, 3.05) is 0 Å². The molecule has 0 unspecified atom stereocenters. The molecule has 0 aliphatic heterocycles. The SMILES string of the molecule is CC(C)CCc1ccc2cc(Cl)ccc2c1. The lowest BCUT2D eigenvalue weighted by Gasteiger charge is -2.06. The maximum atomic E-state index is 5.96. The lowest BCUT2D eigenvalue weighted by molar-refractivity contribution is 0.587. The van der Waals surface area contributed by atoms with E-state index in [4.69, 9.17) is 11.6 Å². The number of aryl methyl sites for hydroxylation is 1. The smallest absolute Gasteiger partial charge is 0.0412 e. The third kappa shape index (κ3) is 2.76. The van der Waals surface area contributed by atoms with Gasteiger partial charge in [0.15, 0.2) is 0 Å². The molecule has 0 saturated heterocycles. The fraction of sp³-hybridized carbons (Fsp3) is 0.333. The molecule has 84 valence electrons. The van der Waals surface area contributed by atoms with E-state index in [-0.39, 0.29) is 0 Å². The van der Waals surface area contributed by atoms with Gasteiger partial charge in [0.1, 0.15) is 0 Å². The van der Waals surface area contributed by atoms with Crippen molar-refractivity contribution in [2.24, 2.45) is 5.92 Å². The van der Waals surface area contributed by atoms with Crippen molar-refractivity contribution in [1.82, 2.24) is 0 Å². The van der Waals surface area contributed by atoms with Gasteiger partial charge in [0, 0.05) is 5.02 Å². The van der Waals surface area contributed by atoms with Crippen LogP contribution in [0.2, 0.25) is 5.02 Å². The minimum Gasteiger partial charge on any atom is -0.0843 e. The number of halogens is 1. The first-order valence-electron chi connectivity index (χ1n) is 5.83. The van der Waals surface area contributed by atoms with Gasteiger partial charge >= 0.3 is 0 Å². The Bertz CT molecular complexity index is 486. The van der Waals surface area contributed by atoms with Gasteiger partial charge in [0.25, 0.3) is 0 Å². The van der Waals surface area contributed by atoms with Crippen LogP contribution in [0.15, 0.2) is 36.4 Å². The molecule has 2 rings (SSSR count). The van der Waals surface area contributed by atoms with E-state index in [9.17, 15) is 0 Å². The second-order valence-electron chi connectivity index (χ2n) is 4.76. The molecule has 0 atom stereocenters. The van der Waals surface area contributed by atoms with Crippen molar-refractivity contribution < 1.29 is 0 Å². The van der Waals surface area contributed by atoms with E-state index in [1.165, 1.54) is 22.8 Å². The predicted molar refractivity (Wildman–Crippen MR) is 72.1 cm³/mol. The first-order valence-corrected chi connectivity index (χ1v) is 6.21. The molecule has 0 amide bonds. The van der Waals surface area contributed by atoms with E-state index in [1.54, 1.807) is 0 Å². The van der Waals surface area contributed by atoms with Crippen molar-refractivity contribution in [1.29, 1.82) is 0 Å². The Balaban J connectivity index is 2.26. The molecule has 16 heavy (non-hydrogen) atoms. The average molecular weight is 233 g/mol. The molecule has 0 bridgehead atoms. The molecule has 2 aromatic carbocycles. The minimum absolute atomic E-state index is 0.765. The van der Waals surface area contributed by atoms with Crippen LogP contribution in [0.25, 0.3) is 10.8 Å². The van der Waals surface area contributed by atoms with E-state index in [0.717, 1.165) is 17.4 Å². The number of hydrogen-bond acceptors (Lipinski definition) is 0. The van der Waals surface area contributed by atoms with Crippen LogP contribution in [0.1, 0.15) is 25.8 Å². The van der Waals surface area contributed by atoms with Gasteiger partial charge in [-0.3, -0.25) is 0 Å². The summed E-state index contributed by atoms with van der Waals surface area (Å²) in [4.78, 5) is 0. The maximum absolute atomic E-state index is 5.96. The molecule has 0 N–H and O–H groups in total. The van der Waals surface area contributed by atoms with Crippen molar-refractivity contribution in [2.45, 2.75) is 26.7 Å². The summed E-state index contributed by atoms with van der Waals surface area (Å²) >= 11 is 5.96. The van der Waals surface area contributed by atoms with Crippen LogP contribution >= 0.6 is 11.6 Å². The third-order valence-electron chi connectivity index (χ3n) is 2.88. The van der Waals surface area contributed by atoms with E-state index < -0.39 is 0 Å². The molecule has 2 aromatic rings. The monoisotopic (exact) mass is 232 g/mol. The Hall–Kier alpha value is -1.01. The highest BCUT2D eigenvalue weighted by molar-refractivity contribution is 6.31. The van der Waals surface area contributed by atoms with Gasteiger partial charge in [-0.15, -0.1) is 0 Å². The summed E-state index contributed by atoms with van der Waals surface area (Å²) in [6.45, 7) is 4.53. The van der Waals surface area contributed by atoms with Crippen molar-refractivity contribution in [3.05, 3.63) is 47.0 Å². The van der Waals surface area contributed by atoms with Crippen LogP contribution in [0, 0.1) is 5.92 Å². The van der Waals surface area contributed by atoms with Gasteiger partial charge in [-0.25, -0.2) is 0 Å². The van der Waals surface area contributed by atoms with Crippen LogP contribution in [0.4, 0.5) is 0 Å². The topological polar surface area (TPSA) is 0 Å². The van der Waals surface area contributed by atoms with Gasteiger partial charge in [-0.2, -0.15) is 0 Å². The lowest BCUT2D eigenvalue weighted by atomic mass is 10.00. The summed E-state index contributed by atoms with van der Waals surface area (Å²) in [5.41, 5.74) is 1.42. The molecule has 0 spiro atoms. The Morgan fingerprint density at radius 3 is 2.44 bits per heavy atom. The summed E-state index contributed by atoms with van der Waals surface area (Å²) in [5, 5.41) is 3.31. The predicted octanol–water partition coefficient (Wildman–Crippen LogP) is 5.08. The summed E-state index contributed by atoms with van der Waals surface area (Å²) < 4.78 is 0. The van der Waals surface area contributed by atoms with E-state index in [1.807, 2.05) is 12.1 Å². The fourth-order valence-corrected chi connectivity index (χ4v) is 2.06. The Labute approximate surface area is 102 Å². The largest absolute Gasteiger partial charge is 0.0843 e. The normalized spacial score (nSPS) is 11.2. The van der Waals surface area contributed by atoms with Crippen molar-refractivity contribution in [3.63, 3.8) is 0 Å². The van der Waals surface area contributed by atoms with Crippen LogP contribution in [-0.2, 0) is 6.42 Å². The number of benzene rings is 2. The van der Waals surface area contributed by atoms with Gasteiger partial charge in [-0.1, -0.05) is 49.7 Å². The third-order valence-corrected chi connectivity index (χ3v) is 3.11. The first kappa shape index (κ1) is 11.5. The molecule has 0 heterocycles. The molecular weight excluding hydrogens is 216 g/mol. The van der Waals surface area contributed by atoms with Crippen molar-refractivity contribution >= 4 is 22.4 Å². The average Bonchev–Trinajstić information content (AvgIpc) is 2.26. The van der Waals surface area contributed by atoms with Gasteiger partial charge in [-0.05, 0) is 47.2 Å². The van der Waals surface area contributed by atoms with Crippen LogP contribution < -0.4 is 0 Å². The van der Waals surface area contributed by atoms with Gasteiger partial charge < -0.3 is 0 Å².